The summed E-state index contributed by atoms with van der Waals surface area (Å²) in [7, 11) is 0. The van der Waals surface area contributed by atoms with E-state index in [1.165, 1.54) is 0 Å². The van der Waals surface area contributed by atoms with Crippen molar-refractivity contribution < 1.29 is 0 Å². The van der Waals surface area contributed by atoms with Gasteiger partial charge in [-0.1, -0.05) is 25.4 Å². The van der Waals surface area contributed by atoms with Gasteiger partial charge in [0.1, 0.15) is 5.82 Å². The van der Waals surface area contributed by atoms with Crippen LogP contribution in [0.4, 0.5) is 0 Å². The number of hydrogen-bond donors (Lipinski definition) is 1. The molecule has 0 radical (unpaired) electrons. The molecule has 21 heavy (non-hydrogen) atoms. The summed E-state index contributed by atoms with van der Waals surface area (Å²) in [6.45, 7) is 10.6. The molecule has 0 aliphatic heterocycles. The summed E-state index contributed by atoms with van der Waals surface area (Å²) in [6, 6.07) is 5.78. The average Bonchev–Trinajstić information content (AvgIpc) is 2.81. The van der Waals surface area contributed by atoms with Crippen LogP contribution in [0.5, 0.6) is 0 Å². The van der Waals surface area contributed by atoms with Crippen LogP contribution < -0.4 is 5.73 Å². The third-order valence-corrected chi connectivity index (χ3v) is 4.13. The molecule has 2 rings (SSSR count). The van der Waals surface area contributed by atoms with Crippen LogP contribution in [-0.4, -0.2) is 34.1 Å². The summed E-state index contributed by atoms with van der Waals surface area (Å²) in [4.78, 5) is 7.08. The van der Waals surface area contributed by atoms with Crippen LogP contribution in [0.25, 0.3) is 11.0 Å². The van der Waals surface area contributed by atoms with Gasteiger partial charge in [0.2, 0.25) is 0 Å². The van der Waals surface area contributed by atoms with Crippen molar-refractivity contribution in [2.24, 2.45) is 5.73 Å². The molecule has 4 nitrogen and oxygen atoms in total. The second kappa shape index (κ2) is 7.25. The number of nitrogens with zero attached hydrogens (tertiary/aromatic N) is 3. The minimum absolute atomic E-state index is 0.0790. The van der Waals surface area contributed by atoms with E-state index in [0.29, 0.717) is 5.02 Å². The largest absolute Gasteiger partial charge is 0.327 e. The van der Waals surface area contributed by atoms with Crippen LogP contribution in [0.2, 0.25) is 5.02 Å². The third-order valence-electron chi connectivity index (χ3n) is 3.90. The van der Waals surface area contributed by atoms with Crippen LogP contribution in [0.15, 0.2) is 18.2 Å². The molecule has 5 heteroatoms. The number of imidazole rings is 1. The molecule has 1 aromatic heterocycles. The lowest BCUT2D eigenvalue weighted by Crippen LogP contribution is -2.25. The quantitative estimate of drug-likeness (QED) is 0.852. The first-order valence-corrected chi connectivity index (χ1v) is 8.08. The molecule has 1 unspecified atom stereocenters. The standard InChI is InChI=1S/C16H25ClN4/c1-4-20(5-2)9-6-10-21-15-8-7-13(17)11-14(15)19-16(21)12(3)18/h7-8,11-12H,4-6,9-10,18H2,1-3H3. The van der Waals surface area contributed by atoms with E-state index in [2.05, 4.69) is 28.3 Å². The van der Waals surface area contributed by atoms with E-state index in [1.807, 2.05) is 25.1 Å². The van der Waals surface area contributed by atoms with Crippen molar-refractivity contribution >= 4 is 22.6 Å². The Hall–Kier alpha value is -1.10. The smallest absolute Gasteiger partial charge is 0.126 e. The Balaban J connectivity index is 2.22. The van der Waals surface area contributed by atoms with Crippen molar-refractivity contribution in [3.63, 3.8) is 0 Å². The summed E-state index contributed by atoms with van der Waals surface area (Å²) in [5, 5.41) is 0.714. The predicted molar refractivity (Wildman–Crippen MR) is 89.8 cm³/mol. The molecule has 0 spiro atoms. The van der Waals surface area contributed by atoms with Crippen molar-refractivity contribution in [3.8, 4) is 0 Å². The van der Waals surface area contributed by atoms with Gasteiger partial charge in [-0.3, -0.25) is 0 Å². The second-order valence-corrected chi connectivity index (χ2v) is 5.86. The summed E-state index contributed by atoms with van der Waals surface area (Å²) >= 11 is 6.06. The first-order chi connectivity index (χ1) is 10.1. The SMILES string of the molecule is CCN(CC)CCCn1c(C(C)N)nc2cc(Cl)ccc21. The van der Waals surface area contributed by atoms with Gasteiger partial charge in [0.05, 0.1) is 17.1 Å². The molecular weight excluding hydrogens is 284 g/mol. The van der Waals surface area contributed by atoms with Gasteiger partial charge < -0.3 is 15.2 Å². The predicted octanol–water partition coefficient (Wildman–Crippen LogP) is 3.44. The van der Waals surface area contributed by atoms with Gasteiger partial charge in [-0.2, -0.15) is 0 Å². The minimum atomic E-state index is -0.0790. The number of aryl methyl sites for hydroxylation is 1. The zero-order valence-corrected chi connectivity index (χ0v) is 13.9. The van der Waals surface area contributed by atoms with Crippen LogP contribution >= 0.6 is 11.6 Å². The zero-order chi connectivity index (χ0) is 15.4. The summed E-state index contributed by atoms with van der Waals surface area (Å²) in [5.74, 6) is 0.937. The van der Waals surface area contributed by atoms with Gasteiger partial charge in [0.15, 0.2) is 0 Å². The Morgan fingerprint density at radius 3 is 2.67 bits per heavy atom. The number of halogens is 1. The van der Waals surface area contributed by atoms with Gasteiger partial charge in [0, 0.05) is 11.6 Å². The van der Waals surface area contributed by atoms with E-state index in [4.69, 9.17) is 17.3 Å². The Bertz CT molecular complexity index is 587. The number of nitrogens with two attached hydrogens (primary N) is 1. The highest BCUT2D eigenvalue weighted by molar-refractivity contribution is 6.31. The maximum Gasteiger partial charge on any atom is 0.126 e. The highest BCUT2D eigenvalue weighted by Gasteiger charge is 2.14. The van der Waals surface area contributed by atoms with Gasteiger partial charge in [-0.05, 0) is 51.2 Å². The number of rotatable bonds is 7. The van der Waals surface area contributed by atoms with E-state index in [9.17, 15) is 0 Å². The van der Waals surface area contributed by atoms with Crippen molar-refractivity contribution in [1.29, 1.82) is 0 Å². The molecule has 0 saturated heterocycles. The summed E-state index contributed by atoms with van der Waals surface area (Å²) < 4.78 is 2.24. The maximum atomic E-state index is 6.07. The normalized spacial score (nSPS) is 13.2. The molecule has 1 aromatic carbocycles. The van der Waals surface area contributed by atoms with Crippen molar-refractivity contribution in [3.05, 3.63) is 29.0 Å². The minimum Gasteiger partial charge on any atom is -0.327 e. The molecule has 2 aromatic rings. The third kappa shape index (κ3) is 3.76. The van der Waals surface area contributed by atoms with E-state index >= 15 is 0 Å². The molecule has 1 heterocycles. The Kier molecular flexibility index (Phi) is 5.62. The fraction of sp³-hybridized carbons (Fsp3) is 0.562. The highest BCUT2D eigenvalue weighted by Crippen LogP contribution is 2.23. The lowest BCUT2D eigenvalue weighted by molar-refractivity contribution is 0.293. The molecule has 0 saturated carbocycles. The fourth-order valence-corrected chi connectivity index (χ4v) is 2.86. The number of benzene rings is 1. The van der Waals surface area contributed by atoms with Gasteiger partial charge >= 0.3 is 0 Å². The zero-order valence-electron chi connectivity index (χ0n) is 13.1. The van der Waals surface area contributed by atoms with Crippen LogP contribution in [-0.2, 0) is 6.54 Å². The molecule has 0 amide bonds. The second-order valence-electron chi connectivity index (χ2n) is 5.42. The van der Waals surface area contributed by atoms with E-state index in [1.54, 1.807) is 0 Å². The van der Waals surface area contributed by atoms with Crippen molar-refractivity contribution in [1.82, 2.24) is 14.5 Å². The molecule has 0 aliphatic carbocycles. The Morgan fingerprint density at radius 1 is 1.33 bits per heavy atom. The van der Waals surface area contributed by atoms with Gasteiger partial charge in [-0.25, -0.2) is 4.98 Å². The molecule has 0 bridgehead atoms. The number of hydrogen-bond acceptors (Lipinski definition) is 3. The topological polar surface area (TPSA) is 47.1 Å². The first kappa shape index (κ1) is 16.3. The molecule has 2 N–H and O–H groups in total. The Labute approximate surface area is 131 Å². The van der Waals surface area contributed by atoms with E-state index < -0.39 is 0 Å². The average molecular weight is 309 g/mol. The Morgan fingerprint density at radius 2 is 2.05 bits per heavy atom. The number of aromatic nitrogens is 2. The molecule has 1 atom stereocenters. The molecule has 0 aliphatic rings. The van der Waals surface area contributed by atoms with Crippen LogP contribution in [0.3, 0.4) is 0 Å². The lowest BCUT2D eigenvalue weighted by Gasteiger charge is -2.19. The number of fused-ring (bicyclic) bond motifs is 1. The highest BCUT2D eigenvalue weighted by atomic mass is 35.5. The van der Waals surface area contributed by atoms with Crippen LogP contribution in [0.1, 0.15) is 39.1 Å². The van der Waals surface area contributed by atoms with Crippen LogP contribution in [0, 0.1) is 0 Å². The summed E-state index contributed by atoms with van der Waals surface area (Å²) in [6.07, 6.45) is 1.09. The first-order valence-electron chi connectivity index (χ1n) is 7.70. The van der Waals surface area contributed by atoms with E-state index in [-0.39, 0.29) is 6.04 Å². The molecular formula is C16H25ClN4. The van der Waals surface area contributed by atoms with Gasteiger partial charge in [0.25, 0.3) is 0 Å². The molecule has 116 valence electrons. The monoisotopic (exact) mass is 308 g/mol. The summed E-state index contributed by atoms with van der Waals surface area (Å²) in [5.41, 5.74) is 8.12. The fourth-order valence-electron chi connectivity index (χ4n) is 2.70. The maximum absolute atomic E-state index is 6.07. The van der Waals surface area contributed by atoms with Gasteiger partial charge in [-0.15, -0.1) is 0 Å². The van der Waals surface area contributed by atoms with Crippen molar-refractivity contribution in [2.45, 2.75) is 39.8 Å². The lowest BCUT2D eigenvalue weighted by atomic mass is 10.3. The van der Waals surface area contributed by atoms with E-state index in [0.717, 1.165) is 49.5 Å². The molecule has 0 fully saturated rings. The van der Waals surface area contributed by atoms with Crippen molar-refractivity contribution in [2.75, 3.05) is 19.6 Å².